The van der Waals surface area contributed by atoms with E-state index >= 15 is 0 Å². The highest BCUT2D eigenvalue weighted by Gasteiger charge is 2.36. The largest absolute Gasteiger partial charge is 0.491 e. The van der Waals surface area contributed by atoms with Crippen LogP contribution in [0.1, 0.15) is 25.2 Å². The lowest BCUT2D eigenvalue weighted by molar-refractivity contribution is -0.165. The van der Waals surface area contributed by atoms with Crippen LogP contribution in [0.5, 0.6) is 5.75 Å². The van der Waals surface area contributed by atoms with Crippen LogP contribution in [0.15, 0.2) is 36.4 Å². The SMILES string of the molecule is Cc1cc(CC(=O)N2C[C@H](COc3ccccc3)OC(C)(C)C2)n[nH]1. The zero-order valence-corrected chi connectivity index (χ0v) is 15.0. The molecule has 1 fully saturated rings. The Balaban J connectivity index is 1.60. The summed E-state index contributed by atoms with van der Waals surface area (Å²) in [5.41, 5.74) is 1.32. The van der Waals surface area contributed by atoms with E-state index in [1.165, 1.54) is 0 Å². The van der Waals surface area contributed by atoms with E-state index in [0.29, 0.717) is 26.1 Å². The first kappa shape index (κ1) is 17.5. The van der Waals surface area contributed by atoms with Gasteiger partial charge in [0.25, 0.3) is 0 Å². The first-order chi connectivity index (χ1) is 11.9. The van der Waals surface area contributed by atoms with Crippen molar-refractivity contribution < 1.29 is 14.3 Å². The van der Waals surface area contributed by atoms with E-state index in [1.807, 2.05) is 62.1 Å². The maximum Gasteiger partial charge on any atom is 0.228 e. The molecule has 0 unspecified atom stereocenters. The number of para-hydroxylation sites is 1. The normalized spacial score (nSPS) is 19.6. The molecule has 0 aliphatic carbocycles. The molecule has 1 aromatic heterocycles. The number of ether oxygens (including phenoxy) is 2. The Bertz CT molecular complexity index is 712. The molecule has 1 aliphatic rings. The lowest BCUT2D eigenvalue weighted by Gasteiger charge is -2.42. The average molecular weight is 343 g/mol. The molecule has 6 heteroatoms. The van der Waals surface area contributed by atoms with Gasteiger partial charge in [-0.05, 0) is 39.0 Å². The van der Waals surface area contributed by atoms with E-state index in [-0.39, 0.29) is 12.0 Å². The third-order valence-electron chi connectivity index (χ3n) is 4.10. The van der Waals surface area contributed by atoms with E-state index < -0.39 is 5.60 Å². The number of nitrogens with zero attached hydrogens (tertiary/aromatic N) is 2. The van der Waals surface area contributed by atoms with Crippen LogP contribution >= 0.6 is 0 Å². The first-order valence-corrected chi connectivity index (χ1v) is 8.56. The number of benzene rings is 1. The molecule has 0 bridgehead atoms. The van der Waals surface area contributed by atoms with Crippen LogP contribution in [0.3, 0.4) is 0 Å². The molecule has 1 aromatic carbocycles. The fourth-order valence-corrected chi connectivity index (χ4v) is 3.11. The molecule has 1 N–H and O–H groups in total. The molecule has 0 radical (unpaired) electrons. The van der Waals surface area contributed by atoms with Gasteiger partial charge >= 0.3 is 0 Å². The number of nitrogens with one attached hydrogen (secondary N) is 1. The highest BCUT2D eigenvalue weighted by Crippen LogP contribution is 2.22. The standard InChI is InChI=1S/C19H25N3O3/c1-14-9-15(21-20-14)10-18(23)22-11-17(25-19(2,3)13-22)12-24-16-7-5-4-6-8-16/h4-9,17H,10-13H2,1-3H3,(H,20,21)/t17-/m1/s1. The number of carbonyl (C=O) groups is 1. The molecule has 6 nitrogen and oxygen atoms in total. The summed E-state index contributed by atoms with van der Waals surface area (Å²) in [6, 6.07) is 11.5. The van der Waals surface area contributed by atoms with Crippen molar-refractivity contribution in [3.8, 4) is 5.75 Å². The van der Waals surface area contributed by atoms with Crippen molar-refractivity contribution >= 4 is 5.91 Å². The van der Waals surface area contributed by atoms with E-state index in [1.54, 1.807) is 0 Å². The van der Waals surface area contributed by atoms with Gasteiger partial charge in [-0.3, -0.25) is 9.89 Å². The van der Waals surface area contributed by atoms with E-state index in [0.717, 1.165) is 17.1 Å². The zero-order chi connectivity index (χ0) is 17.9. The second kappa shape index (κ2) is 7.27. The number of carbonyl (C=O) groups excluding carboxylic acids is 1. The Morgan fingerprint density at radius 3 is 2.84 bits per heavy atom. The molecule has 134 valence electrons. The zero-order valence-electron chi connectivity index (χ0n) is 15.0. The minimum atomic E-state index is -0.403. The number of hydrogen-bond acceptors (Lipinski definition) is 4. The number of hydrogen-bond donors (Lipinski definition) is 1. The lowest BCUT2D eigenvalue weighted by atomic mass is 10.0. The Morgan fingerprint density at radius 1 is 1.40 bits per heavy atom. The number of aromatic nitrogens is 2. The van der Waals surface area contributed by atoms with E-state index in [2.05, 4.69) is 10.2 Å². The maximum atomic E-state index is 12.7. The topological polar surface area (TPSA) is 67.5 Å². The van der Waals surface area contributed by atoms with Crippen LogP contribution in [0.2, 0.25) is 0 Å². The fraction of sp³-hybridized carbons (Fsp3) is 0.474. The summed E-state index contributed by atoms with van der Waals surface area (Å²) < 4.78 is 11.9. The predicted octanol–water partition coefficient (Wildman–Crippen LogP) is 2.35. The van der Waals surface area contributed by atoms with Crippen molar-refractivity contribution in [1.82, 2.24) is 15.1 Å². The molecule has 3 rings (SSSR count). The lowest BCUT2D eigenvalue weighted by Crippen LogP contribution is -2.56. The molecular weight excluding hydrogens is 318 g/mol. The van der Waals surface area contributed by atoms with Gasteiger partial charge in [0.05, 0.1) is 24.3 Å². The number of H-pyrrole nitrogens is 1. The van der Waals surface area contributed by atoms with Crippen molar-refractivity contribution in [2.24, 2.45) is 0 Å². The maximum absolute atomic E-state index is 12.7. The average Bonchev–Trinajstić information content (AvgIpc) is 2.97. The molecular formula is C19H25N3O3. The van der Waals surface area contributed by atoms with Crippen LogP contribution in [-0.2, 0) is 16.0 Å². The van der Waals surface area contributed by atoms with Gasteiger partial charge in [-0.2, -0.15) is 5.10 Å². The number of aromatic amines is 1. The van der Waals surface area contributed by atoms with Crippen molar-refractivity contribution in [3.05, 3.63) is 47.8 Å². The van der Waals surface area contributed by atoms with Crippen molar-refractivity contribution in [2.75, 3.05) is 19.7 Å². The van der Waals surface area contributed by atoms with Gasteiger partial charge in [-0.15, -0.1) is 0 Å². The van der Waals surface area contributed by atoms with Gasteiger partial charge in [0, 0.05) is 12.2 Å². The molecule has 0 saturated carbocycles. The van der Waals surface area contributed by atoms with Gasteiger partial charge in [0.15, 0.2) is 0 Å². The molecule has 1 atom stereocenters. The van der Waals surface area contributed by atoms with Crippen molar-refractivity contribution in [2.45, 2.75) is 38.9 Å². The van der Waals surface area contributed by atoms with E-state index in [9.17, 15) is 4.79 Å². The first-order valence-electron chi connectivity index (χ1n) is 8.56. The quantitative estimate of drug-likeness (QED) is 0.905. The Morgan fingerprint density at radius 2 is 2.16 bits per heavy atom. The second-order valence-electron chi connectivity index (χ2n) is 7.12. The molecule has 2 aromatic rings. The van der Waals surface area contributed by atoms with Crippen molar-refractivity contribution in [1.29, 1.82) is 0 Å². The third kappa shape index (κ3) is 4.82. The Hall–Kier alpha value is -2.34. The Kier molecular flexibility index (Phi) is 5.08. The van der Waals surface area contributed by atoms with Crippen LogP contribution in [0.4, 0.5) is 0 Å². The van der Waals surface area contributed by atoms with Crippen LogP contribution in [0, 0.1) is 6.92 Å². The summed E-state index contributed by atoms with van der Waals surface area (Å²) >= 11 is 0. The number of amides is 1. The van der Waals surface area contributed by atoms with E-state index in [4.69, 9.17) is 9.47 Å². The van der Waals surface area contributed by atoms with Crippen molar-refractivity contribution in [3.63, 3.8) is 0 Å². The van der Waals surface area contributed by atoms with Crippen LogP contribution in [0.25, 0.3) is 0 Å². The number of morpholine rings is 1. The van der Waals surface area contributed by atoms with Gasteiger partial charge in [-0.25, -0.2) is 0 Å². The summed E-state index contributed by atoms with van der Waals surface area (Å²) in [5, 5.41) is 7.03. The van der Waals surface area contributed by atoms with Gasteiger partial charge in [-0.1, -0.05) is 18.2 Å². The fourth-order valence-electron chi connectivity index (χ4n) is 3.11. The minimum absolute atomic E-state index is 0.0626. The van der Waals surface area contributed by atoms with Gasteiger partial charge in [0.2, 0.25) is 5.91 Å². The Labute approximate surface area is 148 Å². The van der Waals surface area contributed by atoms with Gasteiger partial charge in [0.1, 0.15) is 18.5 Å². The highest BCUT2D eigenvalue weighted by atomic mass is 16.5. The third-order valence-corrected chi connectivity index (χ3v) is 4.10. The monoisotopic (exact) mass is 343 g/mol. The summed E-state index contributed by atoms with van der Waals surface area (Å²) in [7, 11) is 0. The summed E-state index contributed by atoms with van der Waals surface area (Å²) in [6.45, 7) is 7.44. The smallest absolute Gasteiger partial charge is 0.228 e. The molecule has 1 amide bonds. The molecule has 25 heavy (non-hydrogen) atoms. The number of aryl methyl sites for hydroxylation is 1. The molecule has 1 saturated heterocycles. The highest BCUT2D eigenvalue weighted by molar-refractivity contribution is 5.78. The molecule has 1 aliphatic heterocycles. The second-order valence-corrected chi connectivity index (χ2v) is 7.12. The number of rotatable bonds is 5. The van der Waals surface area contributed by atoms with Gasteiger partial charge < -0.3 is 14.4 Å². The molecule has 2 heterocycles. The van der Waals surface area contributed by atoms with Crippen LogP contribution < -0.4 is 4.74 Å². The summed E-state index contributed by atoms with van der Waals surface area (Å²) in [4.78, 5) is 14.5. The summed E-state index contributed by atoms with van der Waals surface area (Å²) in [5.74, 6) is 0.868. The predicted molar refractivity (Wildman–Crippen MR) is 94.5 cm³/mol. The molecule has 0 spiro atoms. The summed E-state index contributed by atoms with van der Waals surface area (Å²) in [6.07, 6.45) is 0.140. The minimum Gasteiger partial charge on any atom is -0.491 e. The van der Waals surface area contributed by atoms with Crippen LogP contribution in [-0.4, -0.2) is 52.4 Å².